The first-order valence-electron chi connectivity index (χ1n) is 6.74. The van der Waals surface area contributed by atoms with E-state index in [0.29, 0.717) is 5.69 Å². The molecule has 1 unspecified atom stereocenters. The van der Waals surface area contributed by atoms with Crippen LogP contribution in [0.25, 0.3) is 0 Å². The molecular weight excluding hydrogens is 254 g/mol. The average Bonchev–Trinajstić information content (AvgIpc) is 3.11. The second kappa shape index (κ2) is 5.83. The molecule has 6 nitrogen and oxygen atoms in total. The summed E-state index contributed by atoms with van der Waals surface area (Å²) < 4.78 is 0. The zero-order valence-electron chi connectivity index (χ0n) is 11.1. The van der Waals surface area contributed by atoms with Gasteiger partial charge < -0.3 is 5.32 Å². The molecule has 1 fully saturated rings. The van der Waals surface area contributed by atoms with E-state index >= 15 is 0 Å². The smallest absolute Gasteiger partial charge is 0.273 e. The molecule has 0 saturated carbocycles. The van der Waals surface area contributed by atoms with E-state index in [1.54, 1.807) is 0 Å². The van der Waals surface area contributed by atoms with E-state index < -0.39 is 0 Å². The first-order chi connectivity index (χ1) is 9.81. The standard InChI is InChI=1S/C14H17N5O/c20-14(13-8-15-18-17-13)16-12-6-7-19(10-12)9-11-4-2-1-3-5-11/h1-5,8,12H,6-7,9-10H2,(H,16,20)(H,15,17,18). The summed E-state index contributed by atoms with van der Waals surface area (Å²) >= 11 is 0. The highest BCUT2D eigenvalue weighted by atomic mass is 16.2. The summed E-state index contributed by atoms with van der Waals surface area (Å²) in [6.07, 6.45) is 2.41. The summed E-state index contributed by atoms with van der Waals surface area (Å²) in [6, 6.07) is 10.6. The van der Waals surface area contributed by atoms with Crippen molar-refractivity contribution >= 4 is 5.91 Å². The van der Waals surface area contributed by atoms with Crippen molar-refractivity contribution in [1.82, 2.24) is 25.6 Å². The number of aromatic nitrogens is 3. The third kappa shape index (κ3) is 3.03. The zero-order chi connectivity index (χ0) is 13.8. The number of aromatic amines is 1. The van der Waals surface area contributed by atoms with Crippen LogP contribution in [0.15, 0.2) is 36.5 Å². The molecule has 2 N–H and O–H groups in total. The summed E-state index contributed by atoms with van der Waals surface area (Å²) in [5.41, 5.74) is 1.64. The molecule has 1 aliphatic rings. The van der Waals surface area contributed by atoms with Gasteiger partial charge in [0.25, 0.3) is 5.91 Å². The molecule has 6 heteroatoms. The molecule has 0 radical (unpaired) electrons. The molecule has 1 aliphatic heterocycles. The van der Waals surface area contributed by atoms with E-state index in [0.717, 1.165) is 26.1 Å². The number of hydrogen-bond acceptors (Lipinski definition) is 4. The Morgan fingerprint density at radius 1 is 1.40 bits per heavy atom. The van der Waals surface area contributed by atoms with Crippen LogP contribution in [0.4, 0.5) is 0 Å². The fourth-order valence-electron chi connectivity index (χ4n) is 2.51. The minimum absolute atomic E-state index is 0.162. The van der Waals surface area contributed by atoms with Gasteiger partial charge in [0.15, 0.2) is 5.69 Å². The Hall–Kier alpha value is -2.21. The number of carbonyl (C=O) groups excluding carboxylic acids is 1. The van der Waals surface area contributed by atoms with Crippen molar-refractivity contribution in [1.29, 1.82) is 0 Å². The second-order valence-electron chi connectivity index (χ2n) is 5.04. The third-order valence-corrected chi connectivity index (χ3v) is 3.50. The summed E-state index contributed by atoms with van der Waals surface area (Å²) in [6.45, 7) is 2.80. The fraction of sp³-hybridized carbons (Fsp3) is 0.357. The third-order valence-electron chi connectivity index (χ3n) is 3.50. The molecular formula is C14H17N5O. The zero-order valence-corrected chi connectivity index (χ0v) is 11.1. The molecule has 20 heavy (non-hydrogen) atoms. The van der Waals surface area contributed by atoms with E-state index in [4.69, 9.17) is 0 Å². The number of nitrogens with zero attached hydrogens (tertiary/aromatic N) is 3. The minimum atomic E-state index is -0.162. The van der Waals surface area contributed by atoms with Gasteiger partial charge in [0.05, 0.1) is 6.20 Å². The highest BCUT2D eigenvalue weighted by molar-refractivity contribution is 5.92. The van der Waals surface area contributed by atoms with Crippen LogP contribution in [0.5, 0.6) is 0 Å². The van der Waals surface area contributed by atoms with Crippen molar-refractivity contribution in [2.75, 3.05) is 13.1 Å². The van der Waals surface area contributed by atoms with Crippen LogP contribution in [-0.2, 0) is 6.54 Å². The van der Waals surface area contributed by atoms with Gasteiger partial charge in [-0.3, -0.25) is 9.69 Å². The van der Waals surface area contributed by atoms with Gasteiger partial charge in [0.1, 0.15) is 0 Å². The van der Waals surface area contributed by atoms with Crippen LogP contribution >= 0.6 is 0 Å². The van der Waals surface area contributed by atoms with Gasteiger partial charge in [-0.2, -0.15) is 15.4 Å². The van der Waals surface area contributed by atoms with Gasteiger partial charge >= 0.3 is 0 Å². The molecule has 1 saturated heterocycles. The molecule has 0 spiro atoms. The normalized spacial score (nSPS) is 19.1. The van der Waals surface area contributed by atoms with Gasteiger partial charge in [-0.15, -0.1) is 0 Å². The maximum absolute atomic E-state index is 11.9. The number of hydrogen-bond donors (Lipinski definition) is 2. The molecule has 104 valence electrons. The number of nitrogens with one attached hydrogen (secondary N) is 2. The summed E-state index contributed by atoms with van der Waals surface area (Å²) in [5, 5.41) is 12.9. The molecule has 0 aliphatic carbocycles. The molecule has 1 amide bonds. The molecule has 1 aromatic heterocycles. The van der Waals surface area contributed by atoms with Gasteiger partial charge in [0, 0.05) is 25.7 Å². The Bertz CT molecular complexity index is 554. The van der Waals surface area contributed by atoms with Crippen molar-refractivity contribution < 1.29 is 4.79 Å². The van der Waals surface area contributed by atoms with E-state index in [9.17, 15) is 4.79 Å². The van der Waals surface area contributed by atoms with Crippen molar-refractivity contribution in [2.45, 2.75) is 19.0 Å². The number of carbonyl (C=O) groups is 1. The molecule has 3 rings (SSSR count). The van der Waals surface area contributed by atoms with Crippen LogP contribution in [0.2, 0.25) is 0 Å². The predicted molar refractivity (Wildman–Crippen MR) is 74.0 cm³/mol. The molecule has 1 aromatic carbocycles. The summed E-state index contributed by atoms with van der Waals surface area (Å²) in [4.78, 5) is 14.2. The highest BCUT2D eigenvalue weighted by Crippen LogP contribution is 2.13. The van der Waals surface area contributed by atoms with E-state index in [2.05, 4.69) is 49.9 Å². The van der Waals surface area contributed by atoms with E-state index in [1.165, 1.54) is 11.8 Å². The van der Waals surface area contributed by atoms with Crippen molar-refractivity contribution in [3.8, 4) is 0 Å². The van der Waals surface area contributed by atoms with Crippen molar-refractivity contribution in [2.24, 2.45) is 0 Å². The fourth-order valence-corrected chi connectivity index (χ4v) is 2.51. The average molecular weight is 271 g/mol. The lowest BCUT2D eigenvalue weighted by atomic mass is 10.2. The molecule has 2 aromatic rings. The first-order valence-corrected chi connectivity index (χ1v) is 6.74. The molecule has 2 heterocycles. The Balaban J connectivity index is 1.51. The Morgan fingerprint density at radius 3 is 3.00 bits per heavy atom. The van der Waals surface area contributed by atoms with Crippen LogP contribution < -0.4 is 5.32 Å². The number of rotatable bonds is 4. The number of amides is 1. The second-order valence-corrected chi connectivity index (χ2v) is 5.04. The van der Waals surface area contributed by atoms with Crippen LogP contribution in [0, 0.1) is 0 Å². The summed E-state index contributed by atoms with van der Waals surface area (Å²) in [7, 11) is 0. The Morgan fingerprint density at radius 2 is 2.25 bits per heavy atom. The maximum atomic E-state index is 11.9. The van der Waals surface area contributed by atoms with Crippen molar-refractivity contribution in [3.63, 3.8) is 0 Å². The monoisotopic (exact) mass is 271 g/mol. The summed E-state index contributed by atoms with van der Waals surface area (Å²) in [5.74, 6) is -0.162. The number of benzene rings is 1. The lowest BCUT2D eigenvalue weighted by molar-refractivity contribution is 0.0932. The Labute approximate surface area is 117 Å². The van der Waals surface area contributed by atoms with Gasteiger partial charge in [-0.1, -0.05) is 30.3 Å². The van der Waals surface area contributed by atoms with E-state index in [-0.39, 0.29) is 11.9 Å². The molecule has 0 bridgehead atoms. The lowest BCUT2D eigenvalue weighted by Gasteiger charge is -2.16. The van der Waals surface area contributed by atoms with E-state index in [1.807, 2.05) is 6.07 Å². The molecule has 1 atom stereocenters. The minimum Gasteiger partial charge on any atom is -0.347 e. The van der Waals surface area contributed by atoms with Crippen LogP contribution in [0.1, 0.15) is 22.5 Å². The van der Waals surface area contributed by atoms with Gasteiger partial charge in [-0.05, 0) is 12.0 Å². The topological polar surface area (TPSA) is 73.9 Å². The number of H-pyrrole nitrogens is 1. The number of likely N-dealkylation sites (tertiary alicyclic amines) is 1. The highest BCUT2D eigenvalue weighted by Gasteiger charge is 2.24. The van der Waals surface area contributed by atoms with Gasteiger partial charge in [0.2, 0.25) is 0 Å². The predicted octanol–water partition coefficient (Wildman–Crippen LogP) is 0.809. The largest absolute Gasteiger partial charge is 0.347 e. The van der Waals surface area contributed by atoms with Crippen molar-refractivity contribution in [3.05, 3.63) is 47.8 Å². The quantitative estimate of drug-likeness (QED) is 0.863. The Kier molecular flexibility index (Phi) is 3.73. The van der Waals surface area contributed by atoms with Crippen LogP contribution in [0.3, 0.4) is 0 Å². The van der Waals surface area contributed by atoms with Gasteiger partial charge in [-0.25, -0.2) is 0 Å². The van der Waals surface area contributed by atoms with Crippen LogP contribution in [-0.4, -0.2) is 45.3 Å². The SMILES string of the molecule is O=C(NC1CCN(Cc2ccccc2)C1)c1cn[nH]n1. The first kappa shape index (κ1) is 12.8. The maximum Gasteiger partial charge on any atom is 0.273 e. The lowest BCUT2D eigenvalue weighted by Crippen LogP contribution is -2.37.